The first-order chi connectivity index (χ1) is 12.8. The van der Waals surface area contributed by atoms with Crippen LogP contribution in [-0.4, -0.2) is 41.8 Å². The van der Waals surface area contributed by atoms with Crippen LogP contribution in [0.4, 0.5) is 0 Å². The van der Waals surface area contributed by atoms with Crippen LogP contribution in [0.25, 0.3) is 0 Å². The Balaban J connectivity index is 1.40. The lowest BCUT2D eigenvalue weighted by molar-refractivity contribution is 0.00583. The molecule has 0 unspecified atom stereocenters. The van der Waals surface area contributed by atoms with Crippen molar-refractivity contribution < 1.29 is 4.74 Å². The molecule has 3 fully saturated rings. The Labute approximate surface area is 156 Å². The largest absolute Gasteiger partial charge is 0.381 e. The first-order valence-corrected chi connectivity index (χ1v) is 10.8. The molecule has 3 aliphatic heterocycles. The number of pyridine rings is 1. The van der Waals surface area contributed by atoms with Crippen molar-refractivity contribution >= 4 is 0 Å². The van der Waals surface area contributed by atoms with E-state index in [1.807, 2.05) is 0 Å². The summed E-state index contributed by atoms with van der Waals surface area (Å²) in [5.41, 5.74) is 2.75. The minimum Gasteiger partial charge on any atom is -0.381 e. The Morgan fingerprint density at radius 1 is 0.885 bits per heavy atom. The summed E-state index contributed by atoms with van der Waals surface area (Å²) < 4.78 is 7.73. The van der Waals surface area contributed by atoms with Gasteiger partial charge >= 0.3 is 0 Å². The van der Waals surface area contributed by atoms with Gasteiger partial charge < -0.3 is 9.30 Å². The molecule has 4 heteroatoms. The topological polar surface area (TPSA) is 34.5 Å². The number of nitrogens with zero attached hydrogens (tertiary/aromatic N) is 2. The highest BCUT2D eigenvalue weighted by molar-refractivity contribution is 5.25. The molecule has 1 saturated carbocycles. The van der Waals surface area contributed by atoms with Gasteiger partial charge in [0, 0.05) is 56.1 Å². The van der Waals surface area contributed by atoms with Crippen LogP contribution in [0.15, 0.2) is 16.9 Å². The molecule has 0 spiro atoms. The minimum atomic E-state index is 0.337. The Morgan fingerprint density at radius 2 is 1.69 bits per heavy atom. The molecule has 1 aromatic rings. The molecule has 0 amide bonds. The summed E-state index contributed by atoms with van der Waals surface area (Å²) in [6.45, 7) is 5.06. The zero-order valence-corrected chi connectivity index (χ0v) is 15.9. The average Bonchev–Trinajstić information content (AvgIpc) is 2.70. The van der Waals surface area contributed by atoms with Crippen LogP contribution in [0.5, 0.6) is 0 Å². The van der Waals surface area contributed by atoms with Crippen molar-refractivity contribution in [2.45, 2.75) is 75.8 Å². The van der Waals surface area contributed by atoms with Crippen LogP contribution >= 0.6 is 0 Å². The van der Waals surface area contributed by atoms with Gasteiger partial charge in [0.2, 0.25) is 0 Å². The van der Waals surface area contributed by atoms with Gasteiger partial charge in [0.1, 0.15) is 0 Å². The van der Waals surface area contributed by atoms with E-state index >= 15 is 0 Å². The molecule has 2 atom stereocenters. The molecule has 142 valence electrons. The smallest absolute Gasteiger partial charge is 0.254 e. The lowest BCUT2D eigenvalue weighted by Crippen LogP contribution is -2.52. The molecular weight excluding hydrogens is 324 g/mol. The fourth-order valence-corrected chi connectivity index (χ4v) is 6.07. The molecule has 4 aliphatic rings. The van der Waals surface area contributed by atoms with E-state index in [0.29, 0.717) is 29.4 Å². The van der Waals surface area contributed by atoms with Crippen molar-refractivity contribution in [1.82, 2.24) is 9.47 Å². The molecular formula is C22H32N2O2. The molecule has 0 aromatic carbocycles. The van der Waals surface area contributed by atoms with Crippen LogP contribution in [0.3, 0.4) is 0 Å². The number of aromatic nitrogens is 1. The number of piperidine rings is 1. The average molecular weight is 357 g/mol. The standard InChI is InChI=1S/C22H32N2O2/c25-22-20(17-4-2-1-3-5-17)6-7-21-18-12-16(14-24(21)22)13-23(15-18)19-8-10-26-11-9-19/h6-7,16-19H,1-5,8-15H2/t16-,18+/m0/s1. The lowest BCUT2D eigenvalue weighted by Gasteiger charge is -2.46. The predicted molar refractivity (Wildman–Crippen MR) is 103 cm³/mol. The quantitative estimate of drug-likeness (QED) is 0.813. The number of hydrogen-bond acceptors (Lipinski definition) is 3. The third-order valence-electron chi connectivity index (χ3n) is 7.41. The molecule has 0 N–H and O–H groups in total. The third kappa shape index (κ3) is 3.05. The fraction of sp³-hybridized carbons (Fsp3) is 0.773. The first-order valence-electron chi connectivity index (χ1n) is 10.8. The number of hydrogen-bond donors (Lipinski definition) is 0. The van der Waals surface area contributed by atoms with Gasteiger partial charge in [0.05, 0.1) is 0 Å². The summed E-state index contributed by atoms with van der Waals surface area (Å²) in [7, 11) is 0. The molecule has 0 radical (unpaired) electrons. The normalized spacial score (nSPS) is 30.9. The lowest BCUT2D eigenvalue weighted by atomic mass is 9.80. The molecule has 2 saturated heterocycles. The molecule has 26 heavy (non-hydrogen) atoms. The maximum atomic E-state index is 13.3. The number of rotatable bonds is 2. The van der Waals surface area contributed by atoms with Crippen molar-refractivity contribution in [3.8, 4) is 0 Å². The number of ether oxygens (including phenoxy) is 1. The van der Waals surface area contributed by atoms with Gasteiger partial charge in [-0.05, 0) is 50.0 Å². The second kappa shape index (κ2) is 7.12. The van der Waals surface area contributed by atoms with E-state index in [0.717, 1.165) is 31.9 Å². The Kier molecular flexibility index (Phi) is 4.66. The first kappa shape index (κ1) is 17.0. The Bertz CT molecular complexity index is 701. The molecule has 4 heterocycles. The zero-order valence-electron chi connectivity index (χ0n) is 15.9. The summed E-state index contributed by atoms with van der Waals surface area (Å²) in [4.78, 5) is 16.0. The molecule has 1 aliphatic carbocycles. The number of likely N-dealkylation sites (tertiary alicyclic amines) is 1. The summed E-state index contributed by atoms with van der Waals surface area (Å²) in [5.74, 6) is 1.69. The Morgan fingerprint density at radius 3 is 2.50 bits per heavy atom. The molecule has 1 aromatic heterocycles. The van der Waals surface area contributed by atoms with E-state index in [4.69, 9.17) is 4.74 Å². The Hall–Kier alpha value is -1.13. The van der Waals surface area contributed by atoms with Crippen LogP contribution in [-0.2, 0) is 11.3 Å². The van der Waals surface area contributed by atoms with Gasteiger partial charge in [-0.2, -0.15) is 0 Å². The highest BCUT2D eigenvalue weighted by Gasteiger charge is 2.37. The van der Waals surface area contributed by atoms with Gasteiger partial charge in [-0.1, -0.05) is 25.3 Å². The third-order valence-corrected chi connectivity index (χ3v) is 7.41. The summed E-state index contributed by atoms with van der Waals surface area (Å²) in [6, 6.07) is 5.19. The van der Waals surface area contributed by atoms with Crippen molar-refractivity contribution in [2.75, 3.05) is 26.3 Å². The predicted octanol–water partition coefficient (Wildman–Crippen LogP) is 3.49. The van der Waals surface area contributed by atoms with Gasteiger partial charge in [0.15, 0.2) is 0 Å². The molecule has 2 bridgehead atoms. The fourth-order valence-electron chi connectivity index (χ4n) is 6.07. The summed E-state index contributed by atoms with van der Waals surface area (Å²) in [6.07, 6.45) is 9.95. The highest BCUT2D eigenvalue weighted by atomic mass is 16.5. The van der Waals surface area contributed by atoms with Crippen LogP contribution in [0, 0.1) is 5.92 Å². The summed E-state index contributed by atoms with van der Waals surface area (Å²) >= 11 is 0. The van der Waals surface area contributed by atoms with Crippen molar-refractivity contribution in [1.29, 1.82) is 0 Å². The zero-order chi connectivity index (χ0) is 17.5. The second-order valence-electron chi connectivity index (χ2n) is 9.06. The van der Waals surface area contributed by atoms with E-state index in [9.17, 15) is 4.79 Å². The maximum absolute atomic E-state index is 13.3. The van der Waals surface area contributed by atoms with Gasteiger partial charge in [-0.15, -0.1) is 0 Å². The minimum absolute atomic E-state index is 0.337. The van der Waals surface area contributed by atoms with Crippen LogP contribution < -0.4 is 5.56 Å². The monoisotopic (exact) mass is 356 g/mol. The van der Waals surface area contributed by atoms with Crippen molar-refractivity contribution in [3.63, 3.8) is 0 Å². The molecule has 5 rings (SSSR count). The van der Waals surface area contributed by atoms with Gasteiger partial charge in [-0.25, -0.2) is 0 Å². The second-order valence-corrected chi connectivity index (χ2v) is 9.06. The highest BCUT2D eigenvalue weighted by Crippen LogP contribution is 2.38. The van der Waals surface area contributed by atoms with Crippen LogP contribution in [0.2, 0.25) is 0 Å². The number of fused-ring (bicyclic) bond motifs is 4. The van der Waals surface area contributed by atoms with E-state index < -0.39 is 0 Å². The van der Waals surface area contributed by atoms with Gasteiger partial charge in [-0.3, -0.25) is 9.69 Å². The van der Waals surface area contributed by atoms with E-state index in [1.54, 1.807) is 0 Å². The van der Waals surface area contributed by atoms with E-state index in [2.05, 4.69) is 21.6 Å². The van der Waals surface area contributed by atoms with Crippen molar-refractivity contribution in [3.05, 3.63) is 33.7 Å². The van der Waals surface area contributed by atoms with Crippen LogP contribution in [0.1, 0.15) is 74.5 Å². The SMILES string of the molecule is O=c1c(C2CCCCC2)ccc2n1C[C@H]1C[C@@H]2CN(C2CCOCC2)C1. The van der Waals surface area contributed by atoms with E-state index in [1.165, 1.54) is 63.6 Å². The maximum Gasteiger partial charge on any atom is 0.254 e. The molecule has 4 nitrogen and oxygen atoms in total. The summed E-state index contributed by atoms with van der Waals surface area (Å²) in [5, 5.41) is 0. The van der Waals surface area contributed by atoms with Gasteiger partial charge in [0.25, 0.3) is 5.56 Å². The van der Waals surface area contributed by atoms with Crippen molar-refractivity contribution in [2.24, 2.45) is 5.92 Å². The van der Waals surface area contributed by atoms with E-state index in [-0.39, 0.29) is 0 Å².